The van der Waals surface area contributed by atoms with Gasteiger partial charge >= 0.3 is 5.97 Å². The molecule has 0 spiro atoms. The highest BCUT2D eigenvalue weighted by molar-refractivity contribution is 5.82. The SMILES string of the molecule is C=C(C)C1(/C=C/C(=O)OC)C=C(C)C(C)(C)O1. The first kappa shape index (κ1) is 13.7. The maximum Gasteiger partial charge on any atom is 0.330 e. The van der Waals surface area contributed by atoms with Crippen molar-refractivity contribution in [1.82, 2.24) is 0 Å². The lowest BCUT2D eigenvalue weighted by Crippen LogP contribution is -2.33. The van der Waals surface area contributed by atoms with Crippen LogP contribution in [0.4, 0.5) is 0 Å². The average Bonchev–Trinajstić information content (AvgIpc) is 2.47. The van der Waals surface area contributed by atoms with Gasteiger partial charge in [-0.1, -0.05) is 6.58 Å². The predicted molar refractivity (Wildman–Crippen MR) is 67.6 cm³/mol. The molecule has 0 aromatic heterocycles. The zero-order valence-corrected chi connectivity index (χ0v) is 11.2. The van der Waals surface area contributed by atoms with Crippen molar-refractivity contribution >= 4 is 5.97 Å². The Morgan fingerprint density at radius 1 is 1.53 bits per heavy atom. The number of hydrogen-bond acceptors (Lipinski definition) is 3. The Morgan fingerprint density at radius 3 is 2.47 bits per heavy atom. The molecular weight excluding hydrogens is 216 g/mol. The predicted octanol–water partition coefficient (Wildman–Crippen LogP) is 2.79. The summed E-state index contributed by atoms with van der Waals surface area (Å²) in [4.78, 5) is 11.2. The molecule has 94 valence electrons. The van der Waals surface area contributed by atoms with Crippen LogP contribution in [0.1, 0.15) is 27.7 Å². The lowest BCUT2D eigenvalue weighted by Gasteiger charge is -2.30. The van der Waals surface area contributed by atoms with E-state index in [0.29, 0.717) is 0 Å². The molecule has 0 saturated heterocycles. The molecule has 0 saturated carbocycles. The second kappa shape index (κ2) is 4.49. The topological polar surface area (TPSA) is 35.5 Å². The van der Waals surface area contributed by atoms with Crippen molar-refractivity contribution in [3.8, 4) is 0 Å². The van der Waals surface area contributed by atoms with Gasteiger partial charge in [0.1, 0.15) is 5.60 Å². The third-order valence-electron chi connectivity index (χ3n) is 3.14. The molecule has 0 aromatic carbocycles. The summed E-state index contributed by atoms with van der Waals surface area (Å²) in [5.74, 6) is -0.398. The minimum atomic E-state index is -0.707. The first-order chi connectivity index (χ1) is 7.73. The standard InChI is InChI=1S/C14H20O3/c1-10(2)14(8-7-12(15)16-6)9-11(3)13(4,5)17-14/h7-9H,1H2,2-6H3/b8-7+. The fraction of sp³-hybridized carbons (Fsp3) is 0.500. The second-order valence-electron chi connectivity index (χ2n) is 4.87. The van der Waals surface area contributed by atoms with E-state index in [4.69, 9.17) is 4.74 Å². The summed E-state index contributed by atoms with van der Waals surface area (Å²) in [6.07, 6.45) is 5.06. The van der Waals surface area contributed by atoms with Crippen LogP contribution in [0, 0.1) is 0 Å². The van der Waals surface area contributed by atoms with Crippen molar-refractivity contribution in [2.45, 2.75) is 38.9 Å². The Labute approximate surface area is 103 Å². The second-order valence-corrected chi connectivity index (χ2v) is 4.87. The van der Waals surface area contributed by atoms with E-state index in [1.807, 2.05) is 33.8 Å². The van der Waals surface area contributed by atoms with E-state index in [9.17, 15) is 4.79 Å². The molecule has 1 aliphatic rings. The highest BCUT2D eigenvalue weighted by atomic mass is 16.5. The van der Waals surface area contributed by atoms with Crippen molar-refractivity contribution in [2.24, 2.45) is 0 Å². The van der Waals surface area contributed by atoms with Gasteiger partial charge in [-0.15, -0.1) is 0 Å². The Hall–Kier alpha value is -1.35. The lowest BCUT2D eigenvalue weighted by molar-refractivity contribution is -0.135. The largest absolute Gasteiger partial charge is 0.466 e. The molecule has 0 bridgehead atoms. The molecule has 1 rings (SSSR count). The Balaban J connectivity index is 3.08. The Bertz CT molecular complexity index is 402. The molecule has 17 heavy (non-hydrogen) atoms. The molecular formula is C14H20O3. The zero-order chi connectivity index (χ0) is 13.3. The third-order valence-corrected chi connectivity index (χ3v) is 3.14. The number of carbonyl (C=O) groups excluding carboxylic acids is 1. The molecule has 0 radical (unpaired) electrons. The molecule has 0 fully saturated rings. The van der Waals surface area contributed by atoms with Gasteiger partial charge in [0.25, 0.3) is 0 Å². The molecule has 3 heteroatoms. The maximum atomic E-state index is 11.2. The molecule has 1 heterocycles. The van der Waals surface area contributed by atoms with Crippen molar-refractivity contribution in [1.29, 1.82) is 0 Å². The van der Waals surface area contributed by atoms with Crippen molar-refractivity contribution in [3.05, 3.63) is 36.0 Å². The number of ether oxygens (including phenoxy) is 2. The number of methoxy groups -OCH3 is 1. The van der Waals surface area contributed by atoms with Gasteiger partial charge in [-0.2, -0.15) is 0 Å². The van der Waals surface area contributed by atoms with Gasteiger partial charge < -0.3 is 9.47 Å². The van der Waals surface area contributed by atoms with E-state index in [2.05, 4.69) is 11.3 Å². The highest BCUT2D eigenvalue weighted by Crippen LogP contribution is 2.41. The molecule has 0 aromatic rings. The van der Waals surface area contributed by atoms with E-state index in [0.717, 1.165) is 11.1 Å². The van der Waals surface area contributed by atoms with Gasteiger partial charge in [0.2, 0.25) is 0 Å². The zero-order valence-electron chi connectivity index (χ0n) is 11.2. The van der Waals surface area contributed by atoms with E-state index in [1.165, 1.54) is 13.2 Å². The molecule has 1 aliphatic heterocycles. The van der Waals surface area contributed by atoms with Crippen LogP contribution in [0.5, 0.6) is 0 Å². The van der Waals surface area contributed by atoms with Crippen LogP contribution in [0.15, 0.2) is 36.0 Å². The van der Waals surface area contributed by atoms with Crippen molar-refractivity contribution in [3.63, 3.8) is 0 Å². The lowest BCUT2D eigenvalue weighted by atomic mass is 9.94. The van der Waals surface area contributed by atoms with Gasteiger partial charge in [-0.25, -0.2) is 4.79 Å². The molecule has 3 nitrogen and oxygen atoms in total. The summed E-state index contributed by atoms with van der Waals surface area (Å²) < 4.78 is 10.6. The van der Waals surface area contributed by atoms with Crippen LogP contribution in [-0.4, -0.2) is 24.3 Å². The van der Waals surface area contributed by atoms with Crippen LogP contribution in [0.3, 0.4) is 0 Å². The van der Waals surface area contributed by atoms with Crippen LogP contribution in [-0.2, 0) is 14.3 Å². The molecule has 1 atom stereocenters. The fourth-order valence-electron chi connectivity index (χ4n) is 1.72. The van der Waals surface area contributed by atoms with Gasteiger partial charge in [0.05, 0.1) is 12.7 Å². The monoisotopic (exact) mass is 236 g/mol. The highest BCUT2D eigenvalue weighted by Gasteiger charge is 2.41. The summed E-state index contributed by atoms with van der Waals surface area (Å²) in [5, 5.41) is 0. The van der Waals surface area contributed by atoms with Crippen LogP contribution < -0.4 is 0 Å². The van der Waals surface area contributed by atoms with E-state index in [1.54, 1.807) is 6.08 Å². The van der Waals surface area contributed by atoms with Gasteiger partial charge in [0.15, 0.2) is 0 Å². The third kappa shape index (κ3) is 2.67. The van der Waals surface area contributed by atoms with Gasteiger partial charge in [0, 0.05) is 6.08 Å². The van der Waals surface area contributed by atoms with E-state index < -0.39 is 11.6 Å². The van der Waals surface area contributed by atoms with Crippen LogP contribution in [0.25, 0.3) is 0 Å². The Kier molecular flexibility index (Phi) is 3.62. The molecule has 0 amide bonds. The van der Waals surface area contributed by atoms with E-state index in [-0.39, 0.29) is 5.60 Å². The van der Waals surface area contributed by atoms with Crippen molar-refractivity contribution in [2.75, 3.05) is 7.11 Å². The number of rotatable bonds is 3. The number of esters is 1. The molecule has 0 N–H and O–H groups in total. The normalized spacial score (nSPS) is 27.0. The average molecular weight is 236 g/mol. The van der Waals surface area contributed by atoms with Crippen molar-refractivity contribution < 1.29 is 14.3 Å². The maximum absolute atomic E-state index is 11.2. The van der Waals surface area contributed by atoms with Gasteiger partial charge in [-0.3, -0.25) is 0 Å². The minimum Gasteiger partial charge on any atom is -0.466 e. The Morgan fingerprint density at radius 2 is 2.12 bits per heavy atom. The first-order valence-corrected chi connectivity index (χ1v) is 5.57. The number of hydrogen-bond donors (Lipinski definition) is 0. The minimum absolute atomic E-state index is 0.348. The summed E-state index contributed by atoms with van der Waals surface area (Å²) >= 11 is 0. The van der Waals surface area contributed by atoms with Crippen LogP contribution in [0.2, 0.25) is 0 Å². The number of carbonyl (C=O) groups is 1. The summed E-state index contributed by atoms with van der Waals surface area (Å²) in [6, 6.07) is 0. The van der Waals surface area contributed by atoms with Crippen LogP contribution >= 0.6 is 0 Å². The van der Waals surface area contributed by atoms with E-state index >= 15 is 0 Å². The molecule has 1 unspecified atom stereocenters. The summed E-state index contributed by atoms with van der Waals surface area (Å²) in [6.45, 7) is 11.8. The fourth-order valence-corrected chi connectivity index (χ4v) is 1.72. The van der Waals surface area contributed by atoms with Gasteiger partial charge in [-0.05, 0) is 51.0 Å². The summed E-state index contributed by atoms with van der Waals surface area (Å²) in [5.41, 5.74) is 0.902. The summed E-state index contributed by atoms with van der Waals surface area (Å²) in [7, 11) is 1.35. The first-order valence-electron chi connectivity index (χ1n) is 5.57. The smallest absolute Gasteiger partial charge is 0.330 e. The quantitative estimate of drug-likeness (QED) is 0.429. The molecule has 0 aliphatic carbocycles.